The standard InChI is InChI=1S/C24H22N2O2S/c1-18-11-13-20(14-12-18)29(27,28)26-23-10-6-5-9-21(23)22(15-16-25)24(26)17-19-7-3-2-4-8-19/h2-14,22,24H,15,17H2,1H3/t22-,24+/m1/s1. The van der Waals surface area contributed by atoms with Gasteiger partial charge in [-0.05, 0) is 42.7 Å². The normalized spacial score (nSPS) is 18.3. The predicted octanol–water partition coefficient (Wildman–Crippen LogP) is 4.81. The topological polar surface area (TPSA) is 61.2 Å². The van der Waals surface area contributed by atoms with Crippen molar-refractivity contribution in [1.82, 2.24) is 0 Å². The van der Waals surface area contributed by atoms with Crippen LogP contribution in [-0.2, 0) is 16.4 Å². The summed E-state index contributed by atoms with van der Waals surface area (Å²) in [5.41, 5.74) is 3.66. The Morgan fingerprint density at radius 1 is 0.931 bits per heavy atom. The van der Waals surface area contributed by atoms with Crippen LogP contribution in [0.3, 0.4) is 0 Å². The molecule has 5 heteroatoms. The van der Waals surface area contributed by atoms with Crippen LogP contribution in [0.1, 0.15) is 29.0 Å². The van der Waals surface area contributed by atoms with Gasteiger partial charge in [-0.3, -0.25) is 4.31 Å². The van der Waals surface area contributed by atoms with E-state index in [9.17, 15) is 13.7 Å². The largest absolute Gasteiger partial charge is 0.264 e. The third-order valence-electron chi connectivity index (χ3n) is 5.52. The van der Waals surface area contributed by atoms with Crippen LogP contribution in [-0.4, -0.2) is 14.5 Å². The van der Waals surface area contributed by atoms with E-state index in [0.29, 0.717) is 12.1 Å². The average molecular weight is 403 g/mol. The number of fused-ring (bicyclic) bond motifs is 1. The van der Waals surface area contributed by atoms with E-state index in [1.807, 2.05) is 73.7 Å². The van der Waals surface area contributed by atoms with E-state index in [2.05, 4.69) is 6.07 Å². The molecule has 1 aliphatic rings. The molecule has 0 spiro atoms. The molecule has 0 fully saturated rings. The molecule has 3 aromatic rings. The van der Waals surface area contributed by atoms with Crippen molar-refractivity contribution in [3.8, 4) is 6.07 Å². The second kappa shape index (κ2) is 7.73. The van der Waals surface area contributed by atoms with E-state index in [1.165, 1.54) is 0 Å². The van der Waals surface area contributed by atoms with Gasteiger partial charge in [-0.25, -0.2) is 8.42 Å². The summed E-state index contributed by atoms with van der Waals surface area (Å²) in [6, 6.07) is 26.3. The van der Waals surface area contributed by atoms with Crippen molar-refractivity contribution in [1.29, 1.82) is 5.26 Å². The van der Waals surface area contributed by atoms with Gasteiger partial charge in [0.05, 0.1) is 22.7 Å². The van der Waals surface area contributed by atoms with Crippen molar-refractivity contribution in [2.24, 2.45) is 0 Å². The van der Waals surface area contributed by atoms with E-state index in [0.717, 1.165) is 16.7 Å². The number of rotatable bonds is 5. The number of sulfonamides is 1. The Morgan fingerprint density at radius 2 is 1.59 bits per heavy atom. The number of hydrogen-bond donors (Lipinski definition) is 0. The van der Waals surface area contributed by atoms with Crippen molar-refractivity contribution in [3.05, 3.63) is 95.6 Å². The predicted molar refractivity (Wildman–Crippen MR) is 114 cm³/mol. The van der Waals surface area contributed by atoms with Crippen LogP contribution in [0.5, 0.6) is 0 Å². The molecular formula is C24H22N2O2S. The maximum atomic E-state index is 13.7. The summed E-state index contributed by atoms with van der Waals surface area (Å²) in [6.45, 7) is 1.93. The van der Waals surface area contributed by atoms with Crippen LogP contribution in [0.2, 0.25) is 0 Å². The van der Waals surface area contributed by atoms with Gasteiger partial charge in [-0.15, -0.1) is 0 Å². The number of para-hydroxylation sites is 1. The molecule has 0 saturated carbocycles. The molecule has 0 aliphatic carbocycles. The molecule has 0 saturated heterocycles. The Kier molecular flexibility index (Phi) is 5.12. The number of benzene rings is 3. The van der Waals surface area contributed by atoms with Gasteiger partial charge < -0.3 is 0 Å². The first-order valence-electron chi connectivity index (χ1n) is 9.63. The zero-order chi connectivity index (χ0) is 20.4. The molecule has 4 rings (SSSR count). The lowest BCUT2D eigenvalue weighted by atomic mass is 9.89. The molecule has 3 aromatic carbocycles. The average Bonchev–Trinajstić information content (AvgIpc) is 3.03. The minimum absolute atomic E-state index is 0.170. The molecule has 0 bridgehead atoms. The van der Waals surface area contributed by atoms with Gasteiger partial charge in [0, 0.05) is 12.3 Å². The highest BCUT2D eigenvalue weighted by atomic mass is 32.2. The molecule has 4 nitrogen and oxygen atoms in total. The lowest BCUT2D eigenvalue weighted by Crippen LogP contribution is -2.40. The van der Waals surface area contributed by atoms with Gasteiger partial charge in [0.2, 0.25) is 0 Å². The third-order valence-corrected chi connectivity index (χ3v) is 7.37. The minimum atomic E-state index is -3.77. The van der Waals surface area contributed by atoms with Crippen molar-refractivity contribution >= 4 is 15.7 Å². The summed E-state index contributed by atoms with van der Waals surface area (Å²) < 4.78 is 28.9. The van der Waals surface area contributed by atoms with Crippen LogP contribution in [0, 0.1) is 18.3 Å². The maximum absolute atomic E-state index is 13.7. The highest BCUT2D eigenvalue weighted by molar-refractivity contribution is 7.92. The van der Waals surface area contributed by atoms with Gasteiger partial charge in [0.1, 0.15) is 0 Å². The monoisotopic (exact) mass is 402 g/mol. The van der Waals surface area contributed by atoms with Crippen LogP contribution in [0.25, 0.3) is 0 Å². The quantitative estimate of drug-likeness (QED) is 0.615. The van der Waals surface area contributed by atoms with Gasteiger partial charge in [0.25, 0.3) is 10.0 Å². The molecule has 0 N–H and O–H groups in total. The molecule has 0 radical (unpaired) electrons. The van der Waals surface area contributed by atoms with Gasteiger partial charge >= 0.3 is 0 Å². The summed E-state index contributed by atoms with van der Waals surface area (Å²) in [6.07, 6.45) is 0.821. The number of hydrogen-bond acceptors (Lipinski definition) is 3. The molecule has 0 amide bonds. The highest BCUT2D eigenvalue weighted by Gasteiger charge is 2.44. The Morgan fingerprint density at radius 3 is 2.28 bits per heavy atom. The fourth-order valence-electron chi connectivity index (χ4n) is 4.11. The molecular weight excluding hydrogens is 380 g/mol. The van der Waals surface area contributed by atoms with Crippen LogP contribution in [0.15, 0.2) is 83.8 Å². The van der Waals surface area contributed by atoms with Gasteiger partial charge in [-0.1, -0.05) is 66.2 Å². The molecule has 2 atom stereocenters. The zero-order valence-corrected chi connectivity index (χ0v) is 17.0. The summed E-state index contributed by atoms with van der Waals surface area (Å²) >= 11 is 0. The summed E-state index contributed by atoms with van der Waals surface area (Å²) in [5, 5.41) is 9.45. The van der Waals surface area contributed by atoms with Crippen molar-refractivity contribution in [3.63, 3.8) is 0 Å². The number of aryl methyl sites for hydroxylation is 1. The van der Waals surface area contributed by atoms with E-state index in [1.54, 1.807) is 16.4 Å². The lowest BCUT2D eigenvalue weighted by molar-refractivity contribution is 0.542. The summed E-state index contributed by atoms with van der Waals surface area (Å²) in [7, 11) is -3.77. The number of nitriles is 1. The van der Waals surface area contributed by atoms with E-state index >= 15 is 0 Å². The lowest BCUT2D eigenvalue weighted by Gasteiger charge is -2.29. The first-order valence-corrected chi connectivity index (χ1v) is 11.1. The molecule has 29 heavy (non-hydrogen) atoms. The number of nitrogens with zero attached hydrogens (tertiary/aromatic N) is 2. The highest BCUT2D eigenvalue weighted by Crippen LogP contribution is 2.46. The summed E-state index contributed by atoms with van der Waals surface area (Å²) in [5.74, 6) is -0.170. The van der Waals surface area contributed by atoms with Crippen molar-refractivity contribution in [2.45, 2.75) is 36.6 Å². The van der Waals surface area contributed by atoms with Crippen LogP contribution >= 0.6 is 0 Å². The smallest absolute Gasteiger partial charge is 0.262 e. The third kappa shape index (κ3) is 3.52. The van der Waals surface area contributed by atoms with Crippen LogP contribution in [0.4, 0.5) is 5.69 Å². The first kappa shape index (κ1) is 19.2. The Labute approximate surface area is 172 Å². The fraction of sp³-hybridized carbons (Fsp3) is 0.208. The fourth-order valence-corrected chi connectivity index (χ4v) is 5.82. The van der Waals surface area contributed by atoms with Gasteiger partial charge in [0.15, 0.2) is 0 Å². The first-order chi connectivity index (χ1) is 14.0. The number of anilines is 1. The van der Waals surface area contributed by atoms with Gasteiger partial charge in [-0.2, -0.15) is 5.26 Å². The van der Waals surface area contributed by atoms with E-state index in [-0.39, 0.29) is 23.3 Å². The van der Waals surface area contributed by atoms with E-state index in [4.69, 9.17) is 0 Å². The summed E-state index contributed by atoms with van der Waals surface area (Å²) in [4.78, 5) is 0.272. The molecule has 146 valence electrons. The Bertz CT molecular complexity index is 1150. The molecule has 1 heterocycles. The zero-order valence-electron chi connectivity index (χ0n) is 16.2. The van der Waals surface area contributed by atoms with E-state index < -0.39 is 10.0 Å². The van der Waals surface area contributed by atoms with Crippen molar-refractivity contribution in [2.75, 3.05) is 4.31 Å². The second-order valence-corrected chi connectivity index (χ2v) is 9.21. The molecule has 1 aliphatic heterocycles. The second-order valence-electron chi connectivity index (χ2n) is 7.40. The maximum Gasteiger partial charge on any atom is 0.264 e. The SMILES string of the molecule is Cc1ccc(S(=O)(=O)N2c3ccccc3[C@@H](CC#N)[C@@H]2Cc2ccccc2)cc1. The minimum Gasteiger partial charge on any atom is -0.262 e. The van der Waals surface area contributed by atoms with Crippen molar-refractivity contribution < 1.29 is 8.42 Å². The molecule has 0 unspecified atom stereocenters. The molecule has 0 aromatic heterocycles. The van der Waals surface area contributed by atoms with Crippen LogP contribution < -0.4 is 4.31 Å². The Balaban J connectivity index is 1.85. The Hall–Kier alpha value is -3.10.